The molecule has 3 aromatic rings. The van der Waals surface area contributed by atoms with E-state index in [1.165, 1.54) is 0 Å². The summed E-state index contributed by atoms with van der Waals surface area (Å²) in [6, 6.07) is 16.7. The Kier molecular flexibility index (Phi) is 5.42. The lowest BCUT2D eigenvalue weighted by molar-refractivity contribution is 0.102. The lowest BCUT2D eigenvalue weighted by Crippen LogP contribution is -2.11. The first-order valence-electron chi connectivity index (χ1n) is 7.37. The van der Waals surface area contributed by atoms with Gasteiger partial charge in [0, 0.05) is 5.69 Å². The van der Waals surface area contributed by atoms with Crippen molar-refractivity contribution in [2.75, 3.05) is 12.4 Å². The topological polar surface area (TPSA) is 64.1 Å². The molecule has 126 valence electrons. The molecule has 0 aliphatic heterocycles. The standard InChI is InChI=1S/C18H14ClN3O2S/c1-24-14-9-7-13(8-10-14)20-16(23)18-22-21-17(25-18)15(19)11-12-5-3-2-4-6-12/h2-11H,1H3,(H,20,23)/b15-11-. The minimum absolute atomic E-state index is 0.241. The van der Waals surface area contributed by atoms with Crippen LogP contribution >= 0.6 is 22.9 Å². The van der Waals surface area contributed by atoms with Crippen LogP contribution in [0.5, 0.6) is 5.75 Å². The smallest absolute Gasteiger partial charge is 0.286 e. The van der Waals surface area contributed by atoms with Crippen LogP contribution in [0.1, 0.15) is 20.4 Å². The molecule has 0 aliphatic rings. The van der Waals surface area contributed by atoms with E-state index in [4.69, 9.17) is 16.3 Å². The van der Waals surface area contributed by atoms with Crippen molar-refractivity contribution in [1.29, 1.82) is 0 Å². The summed E-state index contributed by atoms with van der Waals surface area (Å²) in [5.41, 5.74) is 1.60. The van der Waals surface area contributed by atoms with Crippen LogP contribution in [0, 0.1) is 0 Å². The second-order valence-corrected chi connectivity index (χ2v) is 6.38. The van der Waals surface area contributed by atoms with Crippen LogP contribution in [0.2, 0.25) is 0 Å². The van der Waals surface area contributed by atoms with Gasteiger partial charge in [-0.25, -0.2) is 0 Å². The molecule has 7 heteroatoms. The Labute approximate surface area is 153 Å². The van der Waals surface area contributed by atoms with E-state index >= 15 is 0 Å². The molecule has 1 amide bonds. The van der Waals surface area contributed by atoms with Crippen LogP contribution in [-0.2, 0) is 0 Å². The summed E-state index contributed by atoms with van der Waals surface area (Å²) in [5.74, 6) is 0.382. The Balaban J connectivity index is 1.71. The molecule has 0 bridgehead atoms. The summed E-state index contributed by atoms with van der Waals surface area (Å²) < 4.78 is 5.08. The van der Waals surface area contributed by atoms with Gasteiger partial charge in [0.1, 0.15) is 5.75 Å². The lowest BCUT2D eigenvalue weighted by atomic mass is 10.2. The van der Waals surface area contributed by atoms with Gasteiger partial charge in [-0.05, 0) is 35.9 Å². The highest BCUT2D eigenvalue weighted by molar-refractivity contribution is 7.15. The fraction of sp³-hybridized carbons (Fsp3) is 0.0556. The molecule has 0 saturated heterocycles. The number of methoxy groups -OCH3 is 1. The summed E-state index contributed by atoms with van der Waals surface area (Å²) in [7, 11) is 1.59. The van der Waals surface area contributed by atoms with Gasteiger partial charge in [-0.3, -0.25) is 4.79 Å². The van der Waals surface area contributed by atoms with Gasteiger partial charge in [0.05, 0.1) is 12.1 Å². The molecule has 0 fully saturated rings. The van der Waals surface area contributed by atoms with Crippen LogP contribution in [0.3, 0.4) is 0 Å². The minimum Gasteiger partial charge on any atom is -0.497 e. The molecule has 25 heavy (non-hydrogen) atoms. The zero-order chi connectivity index (χ0) is 17.6. The number of anilines is 1. The predicted molar refractivity (Wildman–Crippen MR) is 101 cm³/mol. The van der Waals surface area contributed by atoms with Crippen LogP contribution in [-0.4, -0.2) is 23.2 Å². The highest BCUT2D eigenvalue weighted by Crippen LogP contribution is 2.26. The molecule has 0 radical (unpaired) electrons. The number of nitrogens with one attached hydrogen (secondary N) is 1. The molecule has 0 atom stereocenters. The van der Waals surface area contributed by atoms with E-state index in [1.54, 1.807) is 37.5 Å². The first kappa shape index (κ1) is 17.1. The number of amides is 1. The van der Waals surface area contributed by atoms with E-state index < -0.39 is 0 Å². The maximum atomic E-state index is 12.3. The third-order valence-corrected chi connectivity index (χ3v) is 4.62. The summed E-state index contributed by atoms with van der Waals surface area (Å²) >= 11 is 7.41. The Bertz CT molecular complexity index is 892. The number of nitrogens with zero attached hydrogens (tertiary/aromatic N) is 2. The van der Waals surface area contributed by atoms with Crippen LogP contribution in [0.15, 0.2) is 54.6 Å². The van der Waals surface area contributed by atoms with Crippen molar-refractivity contribution >= 4 is 45.6 Å². The number of hydrogen-bond acceptors (Lipinski definition) is 5. The van der Waals surface area contributed by atoms with E-state index in [0.29, 0.717) is 21.5 Å². The van der Waals surface area contributed by atoms with Crippen molar-refractivity contribution in [3.05, 3.63) is 70.2 Å². The Morgan fingerprint density at radius 3 is 2.44 bits per heavy atom. The van der Waals surface area contributed by atoms with Gasteiger partial charge in [0.2, 0.25) is 5.01 Å². The monoisotopic (exact) mass is 371 g/mol. The molecule has 5 nitrogen and oxygen atoms in total. The van der Waals surface area contributed by atoms with Crippen molar-refractivity contribution in [1.82, 2.24) is 10.2 Å². The van der Waals surface area contributed by atoms with Gasteiger partial charge in [0.25, 0.3) is 5.91 Å². The first-order chi connectivity index (χ1) is 12.2. The number of aromatic nitrogens is 2. The fourth-order valence-electron chi connectivity index (χ4n) is 2.03. The molecule has 0 aliphatic carbocycles. The number of halogens is 1. The van der Waals surface area contributed by atoms with E-state index in [-0.39, 0.29) is 10.9 Å². The number of hydrogen-bond donors (Lipinski definition) is 1. The maximum absolute atomic E-state index is 12.3. The Morgan fingerprint density at radius 1 is 1.08 bits per heavy atom. The van der Waals surface area contributed by atoms with E-state index in [2.05, 4.69) is 15.5 Å². The Hall–Kier alpha value is -2.70. The predicted octanol–water partition coefficient (Wildman–Crippen LogP) is 4.54. The zero-order valence-electron chi connectivity index (χ0n) is 13.3. The molecule has 0 spiro atoms. The second-order valence-electron chi connectivity index (χ2n) is 5.00. The van der Waals surface area contributed by atoms with Gasteiger partial charge in [-0.15, -0.1) is 10.2 Å². The molecule has 1 aromatic heterocycles. The SMILES string of the molecule is COc1ccc(NC(=O)c2nnc(/C(Cl)=C/c3ccccc3)s2)cc1. The van der Waals surface area contributed by atoms with Crippen molar-refractivity contribution in [3.8, 4) is 5.75 Å². The van der Waals surface area contributed by atoms with E-state index in [0.717, 1.165) is 16.9 Å². The Morgan fingerprint density at radius 2 is 1.76 bits per heavy atom. The van der Waals surface area contributed by atoms with Crippen LogP contribution in [0.4, 0.5) is 5.69 Å². The number of carbonyl (C=O) groups excluding carboxylic acids is 1. The molecule has 0 unspecified atom stereocenters. The summed E-state index contributed by atoms with van der Waals surface area (Å²) in [4.78, 5) is 12.3. The van der Waals surface area contributed by atoms with Gasteiger partial charge in [-0.2, -0.15) is 0 Å². The third kappa shape index (κ3) is 4.43. The largest absolute Gasteiger partial charge is 0.497 e. The molecule has 1 heterocycles. The normalized spacial score (nSPS) is 11.2. The van der Waals surface area contributed by atoms with Crippen LogP contribution < -0.4 is 10.1 Å². The molecule has 1 N–H and O–H groups in total. The number of benzene rings is 2. The fourth-order valence-corrected chi connectivity index (χ4v) is 2.95. The quantitative estimate of drug-likeness (QED) is 0.715. The molecular formula is C18H14ClN3O2S. The number of ether oxygens (including phenoxy) is 1. The summed E-state index contributed by atoms with van der Waals surface area (Å²) in [5, 5.41) is 11.8. The minimum atomic E-state index is -0.335. The van der Waals surface area contributed by atoms with Crippen molar-refractivity contribution < 1.29 is 9.53 Å². The maximum Gasteiger partial charge on any atom is 0.286 e. The van der Waals surface area contributed by atoms with Gasteiger partial charge in [-0.1, -0.05) is 53.3 Å². The average Bonchev–Trinajstić information content (AvgIpc) is 3.14. The molecule has 0 saturated carbocycles. The van der Waals surface area contributed by atoms with E-state index in [9.17, 15) is 4.79 Å². The highest BCUT2D eigenvalue weighted by atomic mass is 35.5. The number of carbonyl (C=O) groups is 1. The van der Waals surface area contributed by atoms with E-state index in [1.807, 2.05) is 30.3 Å². The summed E-state index contributed by atoms with van der Waals surface area (Å²) in [6.45, 7) is 0. The number of rotatable bonds is 5. The van der Waals surface area contributed by atoms with Crippen molar-refractivity contribution in [2.45, 2.75) is 0 Å². The van der Waals surface area contributed by atoms with Crippen molar-refractivity contribution in [2.24, 2.45) is 0 Å². The zero-order valence-corrected chi connectivity index (χ0v) is 14.8. The average molecular weight is 372 g/mol. The highest BCUT2D eigenvalue weighted by Gasteiger charge is 2.14. The van der Waals surface area contributed by atoms with Gasteiger partial charge in [0.15, 0.2) is 5.01 Å². The molecular weight excluding hydrogens is 358 g/mol. The third-order valence-electron chi connectivity index (χ3n) is 3.26. The van der Waals surface area contributed by atoms with Crippen molar-refractivity contribution in [3.63, 3.8) is 0 Å². The van der Waals surface area contributed by atoms with Crippen LogP contribution in [0.25, 0.3) is 11.1 Å². The summed E-state index contributed by atoms with van der Waals surface area (Å²) in [6.07, 6.45) is 1.78. The molecule has 2 aromatic carbocycles. The first-order valence-corrected chi connectivity index (χ1v) is 8.56. The second kappa shape index (κ2) is 7.92. The lowest BCUT2D eigenvalue weighted by Gasteiger charge is -2.03. The van der Waals surface area contributed by atoms with Gasteiger partial charge >= 0.3 is 0 Å². The van der Waals surface area contributed by atoms with Gasteiger partial charge < -0.3 is 10.1 Å². The molecule has 3 rings (SSSR count).